The first kappa shape index (κ1) is 15.1. The summed E-state index contributed by atoms with van der Waals surface area (Å²) in [7, 11) is -3.61. The van der Waals surface area contributed by atoms with E-state index in [4.69, 9.17) is 16.7 Å². The minimum Gasteiger partial charge on any atom is -0.478 e. The second-order valence-electron chi connectivity index (χ2n) is 4.67. The third-order valence-corrected chi connectivity index (χ3v) is 5.02. The first-order valence-corrected chi connectivity index (χ1v) is 7.94. The Balaban J connectivity index is 2.30. The molecular weight excluding hydrogens is 304 g/mol. The highest BCUT2D eigenvalue weighted by atomic mass is 35.5. The summed E-state index contributed by atoms with van der Waals surface area (Å²) in [6.45, 7) is 2.62. The van der Waals surface area contributed by atoms with Gasteiger partial charge in [0.05, 0.1) is 16.3 Å². The van der Waals surface area contributed by atoms with Crippen LogP contribution in [0.2, 0.25) is 5.02 Å². The van der Waals surface area contributed by atoms with E-state index < -0.39 is 16.2 Å². The van der Waals surface area contributed by atoms with Crippen LogP contribution in [-0.2, 0) is 10.2 Å². The first-order chi connectivity index (χ1) is 9.31. The molecule has 0 saturated carbocycles. The molecule has 8 heteroatoms. The van der Waals surface area contributed by atoms with Gasteiger partial charge in [-0.2, -0.15) is 12.7 Å². The maximum absolute atomic E-state index is 12.1. The summed E-state index contributed by atoms with van der Waals surface area (Å²) in [4.78, 5) is 10.9. The van der Waals surface area contributed by atoms with E-state index in [9.17, 15) is 13.2 Å². The highest BCUT2D eigenvalue weighted by Crippen LogP contribution is 2.27. The molecule has 1 aliphatic heterocycles. The van der Waals surface area contributed by atoms with Gasteiger partial charge < -0.3 is 5.11 Å². The molecule has 1 aromatic carbocycles. The smallest absolute Gasteiger partial charge is 0.337 e. The number of benzene rings is 1. The number of rotatable bonds is 4. The van der Waals surface area contributed by atoms with E-state index in [1.54, 1.807) is 6.92 Å². The Labute approximate surface area is 122 Å². The molecule has 2 rings (SSSR count). The topological polar surface area (TPSA) is 86.7 Å². The van der Waals surface area contributed by atoms with Crippen molar-refractivity contribution in [3.05, 3.63) is 28.3 Å². The third-order valence-electron chi connectivity index (χ3n) is 3.19. The summed E-state index contributed by atoms with van der Waals surface area (Å²) in [6, 6.07) is 2.68. The Kier molecular flexibility index (Phi) is 4.22. The van der Waals surface area contributed by atoms with Crippen molar-refractivity contribution in [2.75, 3.05) is 17.8 Å². The Hall–Kier alpha value is -1.31. The highest BCUT2D eigenvalue weighted by molar-refractivity contribution is 7.90. The zero-order chi connectivity index (χ0) is 14.9. The minimum absolute atomic E-state index is 0.00206. The van der Waals surface area contributed by atoms with E-state index >= 15 is 0 Å². The van der Waals surface area contributed by atoms with Crippen molar-refractivity contribution < 1.29 is 18.3 Å². The predicted octanol–water partition coefficient (Wildman–Crippen LogP) is 2.10. The van der Waals surface area contributed by atoms with E-state index in [1.165, 1.54) is 16.4 Å². The lowest BCUT2D eigenvalue weighted by Crippen LogP contribution is -2.33. The average molecular weight is 319 g/mol. The maximum Gasteiger partial charge on any atom is 0.337 e. The average Bonchev–Trinajstić information content (AvgIpc) is 2.87. The van der Waals surface area contributed by atoms with Crippen LogP contribution in [0.1, 0.15) is 28.8 Å². The van der Waals surface area contributed by atoms with Crippen LogP contribution in [0, 0.1) is 6.92 Å². The van der Waals surface area contributed by atoms with Gasteiger partial charge in [0.2, 0.25) is 0 Å². The molecule has 0 unspecified atom stereocenters. The zero-order valence-corrected chi connectivity index (χ0v) is 12.5. The maximum atomic E-state index is 12.1. The van der Waals surface area contributed by atoms with Crippen molar-refractivity contribution in [2.24, 2.45) is 0 Å². The van der Waals surface area contributed by atoms with E-state index in [0.29, 0.717) is 24.3 Å². The number of hydrogen-bond donors (Lipinski definition) is 2. The van der Waals surface area contributed by atoms with Crippen LogP contribution in [0.25, 0.3) is 0 Å². The van der Waals surface area contributed by atoms with Crippen LogP contribution >= 0.6 is 11.6 Å². The van der Waals surface area contributed by atoms with E-state index in [2.05, 4.69) is 4.72 Å². The Bertz CT molecular complexity index is 639. The lowest BCUT2D eigenvalue weighted by molar-refractivity contribution is 0.0697. The molecule has 20 heavy (non-hydrogen) atoms. The van der Waals surface area contributed by atoms with Gasteiger partial charge in [0.15, 0.2) is 0 Å². The molecule has 1 aliphatic rings. The fourth-order valence-corrected chi connectivity index (χ4v) is 3.70. The number of nitrogens with one attached hydrogen (secondary N) is 1. The quantitative estimate of drug-likeness (QED) is 0.890. The van der Waals surface area contributed by atoms with Crippen molar-refractivity contribution in [2.45, 2.75) is 19.8 Å². The van der Waals surface area contributed by atoms with Gasteiger partial charge in [-0.3, -0.25) is 4.72 Å². The van der Waals surface area contributed by atoms with Crippen LogP contribution in [0.15, 0.2) is 12.1 Å². The van der Waals surface area contributed by atoms with Crippen LogP contribution in [-0.4, -0.2) is 36.9 Å². The van der Waals surface area contributed by atoms with Gasteiger partial charge in [-0.05, 0) is 37.5 Å². The van der Waals surface area contributed by atoms with Crippen molar-refractivity contribution in [3.8, 4) is 0 Å². The first-order valence-electron chi connectivity index (χ1n) is 6.12. The molecule has 1 heterocycles. The molecule has 110 valence electrons. The van der Waals surface area contributed by atoms with Gasteiger partial charge in [-0.15, -0.1) is 0 Å². The fraction of sp³-hybridized carbons (Fsp3) is 0.417. The monoisotopic (exact) mass is 318 g/mol. The summed E-state index contributed by atoms with van der Waals surface area (Å²) in [5, 5.41) is 8.96. The summed E-state index contributed by atoms with van der Waals surface area (Å²) in [5.74, 6) is -1.15. The standard InChI is InChI=1S/C12H15ClN2O4S/c1-8-6-9(12(16)17)10(13)7-11(8)14-20(18,19)15-4-2-3-5-15/h6-7,14H,2-5H2,1H3,(H,16,17). The molecule has 0 atom stereocenters. The number of halogens is 1. The molecule has 0 radical (unpaired) electrons. The lowest BCUT2D eigenvalue weighted by atomic mass is 10.1. The molecule has 0 aliphatic carbocycles. The number of carboxylic acid groups (broad SMARTS) is 1. The van der Waals surface area contributed by atoms with Crippen LogP contribution < -0.4 is 4.72 Å². The number of carbonyl (C=O) groups is 1. The molecule has 0 bridgehead atoms. The second-order valence-corrected chi connectivity index (χ2v) is 6.74. The Morgan fingerprint density at radius 3 is 2.50 bits per heavy atom. The predicted molar refractivity (Wildman–Crippen MR) is 76.5 cm³/mol. The van der Waals surface area contributed by atoms with E-state index in [1.807, 2.05) is 0 Å². The Morgan fingerprint density at radius 1 is 1.35 bits per heavy atom. The largest absolute Gasteiger partial charge is 0.478 e. The number of carboxylic acids is 1. The Morgan fingerprint density at radius 2 is 1.95 bits per heavy atom. The number of nitrogens with zero attached hydrogens (tertiary/aromatic N) is 1. The SMILES string of the molecule is Cc1cc(C(=O)O)c(Cl)cc1NS(=O)(=O)N1CCCC1. The van der Waals surface area contributed by atoms with Crippen molar-refractivity contribution in [3.63, 3.8) is 0 Å². The number of hydrogen-bond acceptors (Lipinski definition) is 3. The molecule has 2 N–H and O–H groups in total. The van der Waals surface area contributed by atoms with Gasteiger partial charge in [0, 0.05) is 13.1 Å². The van der Waals surface area contributed by atoms with Crippen LogP contribution in [0.5, 0.6) is 0 Å². The van der Waals surface area contributed by atoms with Crippen molar-refractivity contribution >= 4 is 33.5 Å². The van der Waals surface area contributed by atoms with Crippen molar-refractivity contribution in [1.29, 1.82) is 0 Å². The fourth-order valence-electron chi connectivity index (χ4n) is 2.09. The molecule has 0 spiro atoms. The lowest BCUT2D eigenvalue weighted by Gasteiger charge is -2.18. The van der Waals surface area contributed by atoms with Crippen molar-refractivity contribution in [1.82, 2.24) is 4.31 Å². The molecule has 1 saturated heterocycles. The van der Waals surface area contributed by atoms with E-state index in [-0.39, 0.29) is 10.6 Å². The number of anilines is 1. The van der Waals surface area contributed by atoms with Gasteiger partial charge >= 0.3 is 16.2 Å². The third kappa shape index (κ3) is 3.05. The summed E-state index contributed by atoms with van der Waals surface area (Å²) in [6.07, 6.45) is 1.69. The molecule has 1 aromatic rings. The van der Waals surface area contributed by atoms with E-state index in [0.717, 1.165) is 12.8 Å². The summed E-state index contributed by atoms with van der Waals surface area (Å²) >= 11 is 5.86. The second kappa shape index (κ2) is 5.59. The van der Waals surface area contributed by atoms with Gasteiger partial charge in [-0.1, -0.05) is 11.6 Å². The molecule has 6 nitrogen and oxygen atoms in total. The minimum atomic E-state index is -3.61. The van der Waals surface area contributed by atoms with Crippen LogP contribution in [0.4, 0.5) is 5.69 Å². The van der Waals surface area contributed by atoms with Gasteiger partial charge in [0.1, 0.15) is 0 Å². The van der Waals surface area contributed by atoms with Crippen LogP contribution in [0.3, 0.4) is 0 Å². The highest BCUT2D eigenvalue weighted by Gasteiger charge is 2.26. The zero-order valence-electron chi connectivity index (χ0n) is 10.9. The number of aryl methyl sites for hydroxylation is 1. The normalized spacial score (nSPS) is 16.3. The molecule has 1 fully saturated rings. The van der Waals surface area contributed by atoms with Gasteiger partial charge in [0.25, 0.3) is 0 Å². The molecule has 0 aromatic heterocycles. The molecule has 0 amide bonds. The number of aromatic carboxylic acids is 1. The molecular formula is C12H15ClN2O4S. The summed E-state index contributed by atoms with van der Waals surface area (Å²) < 4.78 is 28.1. The summed E-state index contributed by atoms with van der Waals surface area (Å²) in [5.41, 5.74) is 0.759. The van der Waals surface area contributed by atoms with Gasteiger partial charge in [-0.25, -0.2) is 4.79 Å².